The van der Waals surface area contributed by atoms with Gasteiger partial charge >= 0.3 is 0 Å². The van der Waals surface area contributed by atoms with Gasteiger partial charge in [0.25, 0.3) is 15.9 Å². The van der Waals surface area contributed by atoms with Gasteiger partial charge in [0.2, 0.25) is 0 Å². The zero-order chi connectivity index (χ0) is 19.6. The zero-order valence-electron chi connectivity index (χ0n) is 15.8. The first-order valence-electron chi connectivity index (χ1n) is 9.02. The Labute approximate surface area is 160 Å². The number of ether oxygens (including phenoxy) is 1. The molecule has 0 spiro atoms. The molecule has 0 saturated carbocycles. The summed E-state index contributed by atoms with van der Waals surface area (Å²) in [5, 5.41) is 0. The lowest BCUT2D eigenvalue weighted by Crippen LogP contribution is -2.51. The van der Waals surface area contributed by atoms with Crippen molar-refractivity contribution in [2.24, 2.45) is 0 Å². The van der Waals surface area contributed by atoms with Gasteiger partial charge in [0.05, 0.1) is 17.1 Å². The first-order valence-corrected chi connectivity index (χ1v) is 10.5. The Bertz CT molecular complexity index is 921. The molecule has 0 N–H and O–H groups in total. The number of likely N-dealkylation sites (N-methyl/N-ethyl adjacent to an activating group) is 1. The molecule has 1 aliphatic heterocycles. The number of hydrogen-bond acceptors (Lipinski definition) is 4. The van der Waals surface area contributed by atoms with Crippen LogP contribution in [0.15, 0.2) is 53.4 Å². The third-order valence-electron chi connectivity index (χ3n) is 4.69. The van der Waals surface area contributed by atoms with Crippen LogP contribution < -0.4 is 9.04 Å². The predicted molar refractivity (Wildman–Crippen MR) is 104 cm³/mol. The van der Waals surface area contributed by atoms with Crippen molar-refractivity contribution in [2.45, 2.75) is 31.8 Å². The van der Waals surface area contributed by atoms with Crippen molar-refractivity contribution in [1.82, 2.24) is 4.90 Å². The molecule has 0 bridgehead atoms. The van der Waals surface area contributed by atoms with Crippen molar-refractivity contribution in [3.8, 4) is 5.75 Å². The molecule has 1 atom stereocenters. The average molecular weight is 388 g/mol. The molecular formula is C20H24N2O4S. The molecule has 3 rings (SSSR count). The van der Waals surface area contributed by atoms with Crippen molar-refractivity contribution in [3.63, 3.8) is 0 Å². The molecule has 0 radical (unpaired) electrons. The van der Waals surface area contributed by atoms with E-state index in [2.05, 4.69) is 0 Å². The van der Waals surface area contributed by atoms with Gasteiger partial charge in [0.1, 0.15) is 5.75 Å². The van der Waals surface area contributed by atoms with E-state index in [1.807, 2.05) is 20.8 Å². The van der Waals surface area contributed by atoms with Crippen LogP contribution in [-0.2, 0) is 14.8 Å². The van der Waals surface area contributed by atoms with E-state index in [0.29, 0.717) is 24.5 Å². The molecule has 0 aliphatic carbocycles. The van der Waals surface area contributed by atoms with Crippen molar-refractivity contribution < 1.29 is 17.9 Å². The van der Waals surface area contributed by atoms with Crippen LogP contribution in [0.3, 0.4) is 0 Å². The Balaban J connectivity index is 2.03. The van der Waals surface area contributed by atoms with Gasteiger partial charge in [-0.2, -0.15) is 0 Å². The van der Waals surface area contributed by atoms with Crippen molar-refractivity contribution in [3.05, 3.63) is 54.1 Å². The highest BCUT2D eigenvalue weighted by atomic mass is 32.2. The lowest BCUT2D eigenvalue weighted by Gasteiger charge is -2.36. The number of para-hydroxylation sites is 2. The van der Waals surface area contributed by atoms with Gasteiger partial charge in [-0.1, -0.05) is 29.8 Å². The summed E-state index contributed by atoms with van der Waals surface area (Å²) < 4.78 is 33.7. The number of aryl methyl sites for hydroxylation is 1. The summed E-state index contributed by atoms with van der Waals surface area (Å²) in [6.45, 7) is 6.71. The number of rotatable bonds is 5. The summed E-state index contributed by atoms with van der Waals surface area (Å²) in [6, 6.07) is 13.6. The normalized spacial score (nSPS) is 16.4. The molecule has 1 unspecified atom stereocenters. The molecule has 6 nitrogen and oxygen atoms in total. The van der Waals surface area contributed by atoms with Gasteiger partial charge in [0, 0.05) is 13.1 Å². The average Bonchev–Trinajstić information content (AvgIpc) is 2.68. The Hall–Kier alpha value is -2.54. The molecule has 0 saturated heterocycles. The number of nitrogens with zero attached hydrogens (tertiary/aromatic N) is 2. The summed E-state index contributed by atoms with van der Waals surface area (Å²) in [7, 11) is -3.82. The van der Waals surface area contributed by atoms with Crippen molar-refractivity contribution >= 4 is 21.6 Å². The highest BCUT2D eigenvalue weighted by molar-refractivity contribution is 7.92. The van der Waals surface area contributed by atoms with E-state index >= 15 is 0 Å². The van der Waals surface area contributed by atoms with Crippen molar-refractivity contribution in [1.29, 1.82) is 0 Å². The van der Waals surface area contributed by atoms with Crippen LogP contribution in [0.1, 0.15) is 19.4 Å². The second-order valence-corrected chi connectivity index (χ2v) is 8.30. The molecule has 2 aromatic rings. The highest BCUT2D eigenvalue weighted by Crippen LogP contribution is 2.37. The lowest BCUT2D eigenvalue weighted by molar-refractivity contribution is -0.138. The maximum atomic E-state index is 13.3. The smallest absolute Gasteiger partial charge is 0.265 e. The molecule has 27 heavy (non-hydrogen) atoms. The van der Waals surface area contributed by atoms with Crippen LogP contribution in [-0.4, -0.2) is 45.0 Å². The van der Waals surface area contributed by atoms with Gasteiger partial charge in [-0.25, -0.2) is 8.42 Å². The Morgan fingerprint density at radius 3 is 2.37 bits per heavy atom. The number of benzene rings is 2. The molecular weight excluding hydrogens is 364 g/mol. The Kier molecular flexibility index (Phi) is 5.41. The number of sulfonamides is 1. The van der Waals surface area contributed by atoms with Crippen LogP contribution >= 0.6 is 0 Å². The third-order valence-corrected chi connectivity index (χ3v) is 6.49. The zero-order valence-corrected chi connectivity index (χ0v) is 16.6. The maximum Gasteiger partial charge on any atom is 0.265 e. The minimum Gasteiger partial charge on any atom is -0.476 e. The molecule has 0 fully saturated rings. The molecule has 7 heteroatoms. The predicted octanol–water partition coefficient (Wildman–Crippen LogP) is 2.82. The number of carbonyl (C=O) groups excluding carboxylic acids is 1. The van der Waals surface area contributed by atoms with Crippen LogP contribution in [0.25, 0.3) is 0 Å². The summed E-state index contributed by atoms with van der Waals surface area (Å²) in [4.78, 5) is 14.6. The van der Waals surface area contributed by atoms with E-state index in [0.717, 1.165) is 5.56 Å². The molecule has 144 valence electrons. The Morgan fingerprint density at radius 1 is 1.11 bits per heavy atom. The molecule has 0 aromatic heterocycles. The standard InChI is InChI=1S/C20H24N2O4S/c1-4-21(5-2)20(23)19-14-22(17-8-6-7-9-18(17)26-19)27(24,25)16-12-10-15(3)11-13-16/h6-13,19H,4-5,14H2,1-3H3. The van der Waals surface area contributed by atoms with Crippen LogP contribution in [0, 0.1) is 6.92 Å². The molecule has 1 heterocycles. The van der Waals surface area contributed by atoms with Gasteiger partial charge < -0.3 is 9.64 Å². The largest absolute Gasteiger partial charge is 0.476 e. The summed E-state index contributed by atoms with van der Waals surface area (Å²) in [6.07, 6.45) is -0.875. The first-order chi connectivity index (χ1) is 12.9. The molecule has 1 aliphatic rings. The van der Waals surface area contributed by atoms with E-state index in [-0.39, 0.29) is 17.3 Å². The number of carbonyl (C=O) groups is 1. The SMILES string of the molecule is CCN(CC)C(=O)C1CN(S(=O)(=O)c2ccc(C)cc2)c2ccccc2O1. The fourth-order valence-corrected chi connectivity index (χ4v) is 4.61. The third kappa shape index (κ3) is 3.64. The number of fused-ring (bicyclic) bond motifs is 1. The monoisotopic (exact) mass is 388 g/mol. The fraction of sp³-hybridized carbons (Fsp3) is 0.350. The minimum absolute atomic E-state index is 0.0530. The second kappa shape index (κ2) is 7.60. The molecule has 1 amide bonds. The fourth-order valence-electron chi connectivity index (χ4n) is 3.13. The number of amides is 1. The van der Waals surface area contributed by atoms with Gasteiger partial charge in [-0.05, 0) is 45.0 Å². The summed E-state index contributed by atoms with van der Waals surface area (Å²) in [5.74, 6) is 0.184. The highest BCUT2D eigenvalue weighted by Gasteiger charge is 2.38. The van der Waals surface area contributed by atoms with E-state index in [1.165, 1.54) is 4.31 Å². The number of hydrogen-bond donors (Lipinski definition) is 0. The van der Waals surface area contributed by atoms with Crippen LogP contribution in [0.2, 0.25) is 0 Å². The number of anilines is 1. The van der Waals surface area contributed by atoms with Gasteiger partial charge in [0.15, 0.2) is 6.10 Å². The Morgan fingerprint density at radius 2 is 1.74 bits per heavy atom. The lowest BCUT2D eigenvalue weighted by atomic mass is 10.2. The topological polar surface area (TPSA) is 66.9 Å². The van der Waals surface area contributed by atoms with E-state index < -0.39 is 16.1 Å². The second-order valence-electron chi connectivity index (χ2n) is 6.43. The van der Waals surface area contributed by atoms with Crippen LogP contribution in [0.4, 0.5) is 5.69 Å². The maximum absolute atomic E-state index is 13.3. The quantitative estimate of drug-likeness (QED) is 0.790. The van der Waals surface area contributed by atoms with Gasteiger partial charge in [-0.3, -0.25) is 9.10 Å². The van der Waals surface area contributed by atoms with E-state index in [9.17, 15) is 13.2 Å². The molecule has 2 aromatic carbocycles. The van der Waals surface area contributed by atoms with Gasteiger partial charge in [-0.15, -0.1) is 0 Å². The minimum atomic E-state index is -3.82. The van der Waals surface area contributed by atoms with E-state index in [1.54, 1.807) is 53.4 Å². The van der Waals surface area contributed by atoms with E-state index in [4.69, 9.17) is 4.74 Å². The first kappa shape index (κ1) is 19.2. The summed E-state index contributed by atoms with van der Waals surface area (Å²) >= 11 is 0. The van der Waals surface area contributed by atoms with Crippen LogP contribution in [0.5, 0.6) is 5.75 Å². The van der Waals surface area contributed by atoms with Crippen molar-refractivity contribution in [2.75, 3.05) is 23.9 Å². The summed E-state index contributed by atoms with van der Waals surface area (Å²) in [5.41, 5.74) is 1.42.